The molecule has 0 rings (SSSR count). The van der Waals surface area contributed by atoms with E-state index in [1.54, 1.807) is 0 Å². The highest BCUT2D eigenvalue weighted by Crippen LogP contribution is 2.12. The molecule has 2 heteroatoms. The molecule has 0 bridgehead atoms. The Hall–Kier alpha value is 0.130. The molecule has 0 aliphatic heterocycles. The maximum Gasteiger partial charge on any atom is 0.0905 e. The predicted molar refractivity (Wildman–Crippen MR) is 60.0 cm³/mol. The molecule has 0 saturated carbocycles. The van der Waals surface area contributed by atoms with Gasteiger partial charge in [0.1, 0.15) is 0 Å². The normalized spacial score (nSPS) is 11.2. The molecule has 0 aromatic carbocycles. The second-order valence-electron chi connectivity index (χ2n) is 4.70. The minimum atomic E-state index is 0.440. The molecule has 0 saturated heterocycles. The molecule has 0 N–H and O–H groups in total. The highest BCUT2D eigenvalue weighted by atomic mass is 14.0. The quantitative estimate of drug-likeness (QED) is 0.528. The molecule has 2 radical (unpaired) electrons. The van der Waals surface area contributed by atoms with E-state index >= 15 is 0 Å². The zero-order chi connectivity index (χ0) is 9.56. The summed E-state index contributed by atoms with van der Waals surface area (Å²) >= 11 is 0. The highest BCUT2D eigenvalue weighted by molar-refractivity contribution is 7.03. The Bertz CT molecular complexity index is 88.0. The first-order valence-corrected chi connectivity index (χ1v) is 5.28. The van der Waals surface area contributed by atoms with Gasteiger partial charge in [-0.1, -0.05) is 53.2 Å². The van der Waals surface area contributed by atoms with Crippen molar-refractivity contribution in [2.24, 2.45) is 11.8 Å². The molecule has 0 amide bonds. The van der Waals surface area contributed by atoms with Gasteiger partial charge in [-0.3, -0.25) is 0 Å². The van der Waals surface area contributed by atoms with Gasteiger partial charge >= 0.3 is 0 Å². The predicted octanol–water partition coefficient (Wildman–Crippen LogP) is 3.24. The van der Waals surface area contributed by atoms with Crippen LogP contribution in [0.1, 0.15) is 40.5 Å². The lowest BCUT2D eigenvalue weighted by Gasteiger charge is -2.11. The molecule has 0 aliphatic carbocycles. The van der Waals surface area contributed by atoms with Gasteiger partial charge in [0.05, 0.1) is 6.60 Å². The van der Waals surface area contributed by atoms with Gasteiger partial charge in [0.15, 0.2) is 0 Å². The summed E-state index contributed by atoms with van der Waals surface area (Å²) in [5, 5.41) is 0. The largest absolute Gasteiger partial charge is 0.0905 e. The number of hydrogen-bond donors (Lipinski definition) is 0. The van der Waals surface area contributed by atoms with Gasteiger partial charge < -0.3 is 0 Å². The standard InChI is InChI=1S/C10H22B2/c1-9(2)5-7-12(11)8-6-10(3)4/h9-10H,5-8H2,1-4H3. The van der Waals surface area contributed by atoms with Gasteiger partial charge in [0.2, 0.25) is 0 Å². The Labute approximate surface area is 80.0 Å². The van der Waals surface area contributed by atoms with Crippen LogP contribution in [-0.2, 0) is 0 Å². The Morgan fingerprint density at radius 3 is 1.50 bits per heavy atom. The van der Waals surface area contributed by atoms with Crippen LogP contribution in [0.3, 0.4) is 0 Å². The van der Waals surface area contributed by atoms with E-state index in [2.05, 4.69) is 27.7 Å². The first-order valence-electron chi connectivity index (χ1n) is 5.28. The molecule has 0 aliphatic rings. The van der Waals surface area contributed by atoms with Gasteiger partial charge in [-0.2, -0.15) is 0 Å². The molecule has 0 unspecified atom stereocenters. The van der Waals surface area contributed by atoms with Crippen molar-refractivity contribution in [1.82, 2.24) is 0 Å². The van der Waals surface area contributed by atoms with E-state index in [9.17, 15) is 0 Å². The van der Waals surface area contributed by atoms with Crippen molar-refractivity contribution in [3.63, 3.8) is 0 Å². The molecule has 68 valence electrons. The Morgan fingerprint density at radius 1 is 0.917 bits per heavy atom. The topological polar surface area (TPSA) is 0 Å². The third-order valence-corrected chi connectivity index (χ3v) is 2.23. The summed E-state index contributed by atoms with van der Waals surface area (Å²) in [6.07, 6.45) is 4.95. The molecule has 0 aromatic heterocycles. The summed E-state index contributed by atoms with van der Waals surface area (Å²) in [7, 11) is 5.97. The summed E-state index contributed by atoms with van der Waals surface area (Å²) in [4.78, 5) is 0. The minimum Gasteiger partial charge on any atom is -0.0816 e. The molecule has 12 heavy (non-hydrogen) atoms. The summed E-state index contributed by atoms with van der Waals surface area (Å²) in [5.74, 6) is 1.60. The Balaban J connectivity index is 3.27. The second-order valence-corrected chi connectivity index (χ2v) is 4.70. The van der Waals surface area contributed by atoms with Gasteiger partial charge in [-0.25, -0.2) is 0 Å². The molecule has 0 spiro atoms. The molecule has 0 nitrogen and oxygen atoms in total. The summed E-state index contributed by atoms with van der Waals surface area (Å²) in [6, 6.07) is 0. The molecule has 0 aromatic rings. The van der Waals surface area contributed by atoms with Crippen molar-refractivity contribution in [3.05, 3.63) is 0 Å². The van der Waals surface area contributed by atoms with Gasteiger partial charge in [0.25, 0.3) is 0 Å². The first kappa shape index (κ1) is 12.1. The fourth-order valence-corrected chi connectivity index (χ4v) is 1.24. The van der Waals surface area contributed by atoms with Crippen LogP contribution in [0.2, 0.25) is 12.6 Å². The maximum atomic E-state index is 5.97. The minimum absolute atomic E-state index is 0.440. The Kier molecular flexibility index (Phi) is 6.70. The lowest BCUT2D eigenvalue weighted by Crippen LogP contribution is -2.14. The van der Waals surface area contributed by atoms with Crippen molar-refractivity contribution in [3.8, 4) is 0 Å². The third-order valence-electron chi connectivity index (χ3n) is 2.23. The average Bonchev–Trinajstić information content (AvgIpc) is 1.96. The van der Waals surface area contributed by atoms with E-state index in [4.69, 9.17) is 7.74 Å². The van der Waals surface area contributed by atoms with E-state index in [1.807, 2.05) is 0 Å². The third kappa shape index (κ3) is 8.23. The van der Waals surface area contributed by atoms with Crippen LogP contribution in [0.15, 0.2) is 0 Å². The van der Waals surface area contributed by atoms with Crippen LogP contribution < -0.4 is 0 Å². The Morgan fingerprint density at radius 2 is 1.25 bits per heavy atom. The number of hydrogen-bond acceptors (Lipinski definition) is 0. The van der Waals surface area contributed by atoms with Gasteiger partial charge in [0, 0.05) is 7.74 Å². The van der Waals surface area contributed by atoms with E-state index < -0.39 is 0 Å². The van der Waals surface area contributed by atoms with Crippen LogP contribution in [0.4, 0.5) is 0 Å². The summed E-state index contributed by atoms with van der Waals surface area (Å²) < 4.78 is 0. The monoisotopic (exact) mass is 164 g/mol. The van der Waals surface area contributed by atoms with E-state index in [0.29, 0.717) is 6.60 Å². The van der Waals surface area contributed by atoms with Gasteiger partial charge in [-0.05, 0) is 11.8 Å². The van der Waals surface area contributed by atoms with Crippen molar-refractivity contribution in [2.45, 2.75) is 53.2 Å². The smallest absolute Gasteiger partial charge is 0.0816 e. The summed E-state index contributed by atoms with van der Waals surface area (Å²) in [5.41, 5.74) is 0. The van der Waals surface area contributed by atoms with Crippen molar-refractivity contribution in [2.75, 3.05) is 0 Å². The van der Waals surface area contributed by atoms with Crippen LogP contribution in [0.25, 0.3) is 0 Å². The average molecular weight is 164 g/mol. The molecular formula is C10H22B2. The fourth-order valence-electron chi connectivity index (χ4n) is 1.24. The van der Waals surface area contributed by atoms with Gasteiger partial charge in [-0.15, -0.1) is 0 Å². The second kappa shape index (κ2) is 6.62. The lowest BCUT2D eigenvalue weighted by atomic mass is 9.28. The van der Waals surface area contributed by atoms with Crippen molar-refractivity contribution in [1.29, 1.82) is 0 Å². The van der Waals surface area contributed by atoms with Crippen LogP contribution >= 0.6 is 0 Å². The maximum absolute atomic E-state index is 5.97. The van der Waals surface area contributed by atoms with E-state index in [-0.39, 0.29) is 0 Å². The molecule has 0 atom stereocenters. The number of rotatable bonds is 6. The summed E-state index contributed by atoms with van der Waals surface area (Å²) in [6.45, 7) is 9.48. The van der Waals surface area contributed by atoms with Crippen LogP contribution in [0.5, 0.6) is 0 Å². The zero-order valence-electron chi connectivity index (χ0n) is 9.14. The molecule has 0 heterocycles. The van der Waals surface area contributed by atoms with Crippen LogP contribution in [-0.4, -0.2) is 14.3 Å². The lowest BCUT2D eigenvalue weighted by molar-refractivity contribution is 0.609. The zero-order valence-corrected chi connectivity index (χ0v) is 9.14. The first-order chi connectivity index (χ1) is 5.52. The fraction of sp³-hybridized carbons (Fsp3) is 1.00. The van der Waals surface area contributed by atoms with Crippen molar-refractivity contribution < 1.29 is 0 Å². The van der Waals surface area contributed by atoms with Crippen molar-refractivity contribution >= 4 is 14.3 Å². The van der Waals surface area contributed by atoms with E-state index in [1.165, 1.54) is 25.5 Å². The molecular weight excluding hydrogens is 142 g/mol. The SMILES string of the molecule is [B]B(CCC(C)C)CCC(C)C. The molecule has 0 fully saturated rings. The van der Waals surface area contributed by atoms with E-state index in [0.717, 1.165) is 11.8 Å². The van der Waals surface area contributed by atoms with Crippen LogP contribution in [0, 0.1) is 11.8 Å². The highest BCUT2D eigenvalue weighted by Gasteiger charge is 2.07.